The second-order valence-corrected chi connectivity index (χ2v) is 2.19. The highest BCUT2D eigenvalue weighted by molar-refractivity contribution is 4.90. The van der Waals surface area contributed by atoms with Crippen molar-refractivity contribution in [3.05, 3.63) is 6.33 Å². The largest absolute Gasteiger partial charge is 0.458 e. The molecule has 2 rings (SSSR count). The van der Waals surface area contributed by atoms with Gasteiger partial charge < -0.3 is 10.1 Å². The van der Waals surface area contributed by atoms with E-state index in [-0.39, 0.29) is 6.10 Å². The fourth-order valence-electron chi connectivity index (χ4n) is 0.754. The Morgan fingerprint density at radius 3 is 3.00 bits per heavy atom. The zero-order valence-corrected chi connectivity index (χ0v) is 5.37. The van der Waals surface area contributed by atoms with Crippen LogP contribution in [0.2, 0.25) is 0 Å². The summed E-state index contributed by atoms with van der Waals surface area (Å²) in [5, 5.41) is 9.36. The number of aromatic nitrogens is 3. The van der Waals surface area contributed by atoms with Crippen LogP contribution in [-0.4, -0.2) is 34.4 Å². The summed E-state index contributed by atoms with van der Waals surface area (Å²) in [4.78, 5) is 3.82. The number of hydrogen-bond donors (Lipinski definition) is 2. The molecule has 1 aromatic rings. The van der Waals surface area contributed by atoms with Gasteiger partial charge in [0.2, 0.25) is 0 Å². The van der Waals surface area contributed by atoms with E-state index < -0.39 is 0 Å². The molecule has 1 aromatic heterocycles. The Labute approximate surface area is 57.8 Å². The van der Waals surface area contributed by atoms with E-state index in [0.29, 0.717) is 6.01 Å². The molecule has 2 heterocycles. The topological polar surface area (TPSA) is 62.8 Å². The molecule has 10 heavy (non-hydrogen) atoms. The predicted molar refractivity (Wildman–Crippen MR) is 33.7 cm³/mol. The summed E-state index contributed by atoms with van der Waals surface area (Å²) in [6, 6.07) is 0.506. The van der Waals surface area contributed by atoms with E-state index in [0.717, 1.165) is 13.1 Å². The zero-order valence-electron chi connectivity index (χ0n) is 5.37. The number of ether oxygens (including phenoxy) is 1. The van der Waals surface area contributed by atoms with Crippen LogP contribution >= 0.6 is 0 Å². The third-order valence-corrected chi connectivity index (χ3v) is 1.42. The smallest absolute Gasteiger partial charge is 0.312 e. The molecule has 5 nitrogen and oxygen atoms in total. The molecular formula is C5H8N4O. The minimum Gasteiger partial charge on any atom is -0.458 e. The molecule has 0 bridgehead atoms. The van der Waals surface area contributed by atoms with Gasteiger partial charge in [-0.05, 0) is 0 Å². The summed E-state index contributed by atoms with van der Waals surface area (Å²) in [5.41, 5.74) is 0. The first-order valence-corrected chi connectivity index (χ1v) is 3.18. The highest BCUT2D eigenvalue weighted by Gasteiger charge is 2.18. The summed E-state index contributed by atoms with van der Waals surface area (Å²) >= 11 is 0. The normalized spacial score (nSPS) is 18.4. The lowest BCUT2D eigenvalue weighted by Crippen LogP contribution is -2.50. The third kappa shape index (κ3) is 0.950. The number of rotatable bonds is 2. The zero-order chi connectivity index (χ0) is 6.81. The van der Waals surface area contributed by atoms with Crippen LogP contribution in [-0.2, 0) is 0 Å². The van der Waals surface area contributed by atoms with Crippen molar-refractivity contribution in [3.8, 4) is 6.01 Å². The summed E-state index contributed by atoms with van der Waals surface area (Å²) in [6.07, 6.45) is 1.70. The van der Waals surface area contributed by atoms with Crippen LogP contribution in [0.4, 0.5) is 0 Å². The fourth-order valence-corrected chi connectivity index (χ4v) is 0.754. The molecule has 0 spiro atoms. The molecule has 0 amide bonds. The SMILES string of the molecule is c1n[nH]c(OC2CNC2)n1. The molecule has 0 aromatic carbocycles. The van der Waals surface area contributed by atoms with Crippen molar-refractivity contribution >= 4 is 0 Å². The average Bonchev–Trinajstić information content (AvgIpc) is 2.29. The summed E-state index contributed by atoms with van der Waals surface area (Å²) in [5.74, 6) is 0. The second kappa shape index (κ2) is 2.26. The molecule has 0 radical (unpaired) electrons. The van der Waals surface area contributed by atoms with Crippen molar-refractivity contribution in [1.82, 2.24) is 20.5 Å². The van der Waals surface area contributed by atoms with Gasteiger partial charge in [0.1, 0.15) is 12.4 Å². The van der Waals surface area contributed by atoms with Gasteiger partial charge >= 0.3 is 6.01 Å². The van der Waals surface area contributed by atoms with Crippen LogP contribution in [0.1, 0.15) is 0 Å². The Balaban J connectivity index is 1.90. The van der Waals surface area contributed by atoms with Crippen molar-refractivity contribution < 1.29 is 4.74 Å². The van der Waals surface area contributed by atoms with Crippen molar-refractivity contribution in [2.24, 2.45) is 0 Å². The molecule has 1 saturated heterocycles. The van der Waals surface area contributed by atoms with Crippen LogP contribution in [0.15, 0.2) is 6.33 Å². The van der Waals surface area contributed by atoms with Crippen molar-refractivity contribution in [2.45, 2.75) is 6.10 Å². The first-order valence-electron chi connectivity index (χ1n) is 3.18. The first-order chi connectivity index (χ1) is 4.95. The number of hydrogen-bond acceptors (Lipinski definition) is 4. The molecule has 0 atom stereocenters. The lowest BCUT2D eigenvalue weighted by molar-refractivity contribution is 0.130. The van der Waals surface area contributed by atoms with Gasteiger partial charge in [-0.1, -0.05) is 0 Å². The summed E-state index contributed by atoms with van der Waals surface area (Å²) in [6.45, 7) is 1.81. The lowest BCUT2D eigenvalue weighted by atomic mass is 10.2. The molecule has 0 unspecified atom stereocenters. The van der Waals surface area contributed by atoms with Gasteiger partial charge in [0.15, 0.2) is 0 Å². The van der Waals surface area contributed by atoms with E-state index >= 15 is 0 Å². The number of H-pyrrole nitrogens is 1. The predicted octanol–water partition coefficient (Wildman–Crippen LogP) is -0.845. The van der Waals surface area contributed by atoms with Gasteiger partial charge in [0.25, 0.3) is 0 Å². The monoisotopic (exact) mass is 140 g/mol. The Morgan fingerprint density at radius 2 is 2.50 bits per heavy atom. The minimum absolute atomic E-state index is 0.271. The molecule has 0 aliphatic carbocycles. The first kappa shape index (κ1) is 5.67. The van der Waals surface area contributed by atoms with Gasteiger partial charge in [0, 0.05) is 13.1 Å². The minimum atomic E-state index is 0.271. The van der Waals surface area contributed by atoms with Gasteiger partial charge in [-0.15, -0.1) is 0 Å². The lowest BCUT2D eigenvalue weighted by Gasteiger charge is -2.25. The highest BCUT2D eigenvalue weighted by Crippen LogP contribution is 2.03. The van der Waals surface area contributed by atoms with Crippen molar-refractivity contribution in [3.63, 3.8) is 0 Å². The molecule has 2 N–H and O–H groups in total. The molecular weight excluding hydrogens is 132 g/mol. The van der Waals surface area contributed by atoms with Crippen molar-refractivity contribution in [1.29, 1.82) is 0 Å². The summed E-state index contributed by atoms with van der Waals surface area (Å²) in [7, 11) is 0. The molecule has 1 aliphatic rings. The van der Waals surface area contributed by atoms with E-state index in [1.807, 2.05) is 0 Å². The van der Waals surface area contributed by atoms with Crippen molar-refractivity contribution in [2.75, 3.05) is 13.1 Å². The van der Waals surface area contributed by atoms with E-state index in [9.17, 15) is 0 Å². The van der Waals surface area contributed by atoms with Crippen LogP contribution in [0.5, 0.6) is 6.01 Å². The maximum absolute atomic E-state index is 5.30. The molecule has 54 valence electrons. The van der Waals surface area contributed by atoms with Crippen LogP contribution < -0.4 is 10.1 Å². The maximum Gasteiger partial charge on any atom is 0.312 e. The van der Waals surface area contributed by atoms with Crippen LogP contribution in [0.3, 0.4) is 0 Å². The van der Waals surface area contributed by atoms with Crippen LogP contribution in [0.25, 0.3) is 0 Å². The Morgan fingerprint density at radius 1 is 1.60 bits per heavy atom. The average molecular weight is 140 g/mol. The second-order valence-electron chi connectivity index (χ2n) is 2.19. The third-order valence-electron chi connectivity index (χ3n) is 1.42. The number of nitrogens with zero attached hydrogens (tertiary/aromatic N) is 2. The Kier molecular flexibility index (Phi) is 1.28. The van der Waals surface area contributed by atoms with E-state index in [2.05, 4.69) is 20.5 Å². The maximum atomic E-state index is 5.30. The summed E-state index contributed by atoms with van der Waals surface area (Å²) < 4.78 is 5.30. The molecule has 1 aliphatic heterocycles. The van der Waals surface area contributed by atoms with Gasteiger partial charge in [-0.2, -0.15) is 10.1 Å². The number of aromatic amines is 1. The van der Waals surface area contributed by atoms with Gasteiger partial charge in [-0.3, -0.25) is 0 Å². The standard InChI is InChI=1S/C5H8N4O/c1-4(2-6-1)10-5-7-3-8-9-5/h3-4,6H,1-2H2,(H,7,8,9). The number of nitrogens with one attached hydrogen (secondary N) is 2. The van der Waals surface area contributed by atoms with Crippen LogP contribution in [0, 0.1) is 0 Å². The van der Waals surface area contributed by atoms with Gasteiger partial charge in [-0.25, -0.2) is 5.10 Å². The van der Waals surface area contributed by atoms with Gasteiger partial charge in [0.05, 0.1) is 0 Å². The highest BCUT2D eigenvalue weighted by atomic mass is 16.5. The van der Waals surface area contributed by atoms with E-state index in [1.54, 1.807) is 0 Å². The Hall–Kier alpha value is -1.10. The quantitative estimate of drug-likeness (QED) is 0.562. The van der Waals surface area contributed by atoms with E-state index in [4.69, 9.17) is 4.74 Å². The Bertz CT molecular complexity index is 193. The molecule has 5 heteroatoms. The van der Waals surface area contributed by atoms with E-state index in [1.165, 1.54) is 6.33 Å². The fraction of sp³-hybridized carbons (Fsp3) is 0.600. The molecule has 1 fully saturated rings. The molecule has 0 saturated carbocycles.